The van der Waals surface area contributed by atoms with Gasteiger partial charge in [-0.2, -0.15) is 5.26 Å². The summed E-state index contributed by atoms with van der Waals surface area (Å²) >= 11 is 0. The lowest BCUT2D eigenvalue weighted by atomic mass is 10.1. The number of nitriles is 1. The van der Waals surface area contributed by atoms with Gasteiger partial charge in [-0.1, -0.05) is 0 Å². The van der Waals surface area contributed by atoms with E-state index in [0.29, 0.717) is 30.0 Å². The predicted octanol–water partition coefficient (Wildman–Crippen LogP) is 1.59. The van der Waals surface area contributed by atoms with E-state index in [1.807, 2.05) is 6.92 Å². The third kappa shape index (κ3) is 3.20. The largest absolute Gasteiger partial charge is 0.397 e. The minimum absolute atomic E-state index is 0.128. The normalized spacial score (nSPS) is 11.7. The molecule has 1 aromatic rings. The molecule has 96 valence electrons. The topological polar surface area (TPSA) is 83.0 Å². The molecule has 0 bridgehead atoms. The Hall–Kier alpha value is -2.09. The van der Waals surface area contributed by atoms with E-state index in [1.54, 1.807) is 24.8 Å². The highest BCUT2D eigenvalue weighted by atomic mass is 16.2. The van der Waals surface area contributed by atoms with Crippen LogP contribution in [0.4, 0.5) is 5.69 Å². The van der Waals surface area contributed by atoms with Gasteiger partial charge in [-0.05, 0) is 26.8 Å². The van der Waals surface area contributed by atoms with Gasteiger partial charge in [-0.25, -0.2) is 0 Å². The SMILES string of the molecule is CCN(CC(C)C#N)C(=O)c1cc(N)cnc1C. The van der Waals surface area contributed by atoms with Gasteiger partial charge in [0.15, 0.2) is 0 Å². The molecule has 1 unspecified atom stereocenters. The van der Waals surface area contributed by atoms with E-state index in [9.17, 15) is 4.79 Å². The Morgan fingerprint density at radius 3 is 2.89 bits per heavy atom. The van der Waals surface area contributed by atoms with Gasteiger partial charge in [0.05, 0.1) is 35.1 Å². The zero-order valence-corrected chi connectivity index (χ0v) is 11.0. The molecule has 1 amide bonds. The molecule has 1 aromatic heterocycles. The molecule has 0 aliphatic carbocycles. The number of nitrogens with two attached hydrogens (primary N) is 1. The predicted molar refractivity (Wildman–Crippen MR) is 69.7 cm³/mol. The number of carbonyl (C=O) groups is 1. The minimum atomic E-state index is -0.191. The van der Waals surface area contributed by atoms with Crippen LogP contribution in [0.1, 0.15) is 29.9 Å². The monoisotopic (exact) mass is 246 g/mol. The van der Waals surface area contributed by atoms with Crippen molar-refractivity contribution in [1.82, 2.24) is 9.88 Å². The van der Waals surface area contributed by atoms with Crippen LogP contribution in [0, 0.1) is 24.2 Å². The molecule has 0 aliphatic rings. The first-order valence-corrected chi connectivity index (χ1v) is 5.90. The fraction of sp³-hybridized carbons (Fsp3) is 0.462. The summed E-state index contributed by atoms with van der Waals surface area (Å²) in [7, 11) is 0. The molecule has 18 heavy (non-hydrogen) atoms. The fourth-order valence-corrected chi connectivity index (χ4v) is 1.66. The van der Waals surface area contributed by atoms with E-state index in [-0.39, 0.29) is 11.8 Å². The van der Waals surface area contributed by atoms with Gasteiger partial charge in [0.1, 0.15) is 0 Å². The van der Waals surface area contributed by atoms with Crippen molar-refractivity contribution in [2.24, 2.45) is 5.92 Å². The number of nitrogens with zero attached hydrogens (tertiary/aromatic N) is 3. The number of aryl methyl sites for hydroxylation is 1. The lowest BCUT2D eigenvalue weighted by Gasteiger charge is -2.22. The first-order chi connectivity index (χ1) is 8.49. The Morgan fingerprint density at radius 1 is 1.67 bits per heavy atom. The molecule has 2 N–H and O–H groups in total. The zero-order valence-electron chi connectivity index (χ0n) is 11.0. The van der Waals surface area contributed by atoms with Crippen LogP contribution in [0.15, 0.2) is 12.3 Å². The number of hydrogen-bond donors (Lipinski definition) is 1. The van der Waals surface area contributed by atoms with Crippen molar-refractivity contribution in [3.8, 4) is 6.07 Å². The van der Waals surface area contributed by atoms with Crippen molar-refractivity contribution in [3.05, 3.63) is 23.5 Å². The van der Waals surface area contributed by atoms with Gasteiger partial charge in [0, 0.05) is 13.1 Å². The maximum absolute atomic E-state index is 12.3. The third-order valence-electron chi connectivity index (χ3n) is 2.72. The first kappa shape index (κ1) is 14.0. The fourth-order valence-electron chi connectivity index (χ4n) is 1.66. The van der Waals surface area contributed by atoms with E-state index < -0.39 is 0 Å². The Labute approximate surface area is 107 Å². The van der Waals surface area contributed by atoms with Crippen LogP contribution < -0.4 is 5.73 Å². The Bertz CT molecular complexity index is 478. The van der Waals surface area contributed by atoms with Crippen LogP contribution in [-0.2, 0) is 0 Å². The van der Waals surface area contributed by atoms with Crippen LogP contribution in [0.2, 0.25) is 0 Å². The second-order valence-electron chi connectivity index (χ2n) is 4.28. The zero-order chi connectivity index (χ0) is 13.7. The van der Waals surface area contributed by atoms with E-state index >= 15 is 0 Å². The Kier molecular flexibility index (Phi) is 4.67. The minimum Gasteiger partial charge on any atom is -0.397 e. The lowest BCUT2D eigenvalue weighted by molar-refractivity contribution is 0.0751. The number of hydrogen-bond acceptors (Lipinski definition) is 4. The quantitative estimate of drug-likeness (QED) is 0.874. The maximum Gasteiger partial charge on any atom is 0.255 e. The average molecular weight is 246 g/mol. The highest BCUT2D eigenvalue weighted by molar-refractivity contribution is 5.96. The van der Waals surface area contributed by atoms with E-state index in [4.69, 9.17) is 11.0 Å². The van der Waals surface area contributed by atoms with Gasteiger partial charge >= 0.3 is 0 Å². The molecule has 1 heterocycles. The number of anilines is 1. The molecule has 5 nitrogen and oxygen atoms in total. The molecule has 0 spiro atoms. The summed E-state index contributed by atoms with van der Waals surface area (Å²) in [6.07, 6.45) is 1.53. The highest BCUT2D eigenvalue weighted by Crippen LogP contribution is 2.13. The summed E-state index contributed by atoms with van der Waals surface area (Å²) in [5.74, 6) is -0.319. The molecule has 5 heteroatoms. The highest BCUT2D eigenvalue weighted by Gasteiger charge is 2.19. The summed E-state index contributed by atoms with van der Waals surface area (Å²) in [5.41, 5.74) is 7.27. The number of nitrogen functional groups attached to an aromatic ring is 1. The number of pyridine rings is 1. The number of aromatic nitrogens is 1. The molecular weight excluding hydrogens is 228 g/mol. The van der Waals surface area contributed by atoms with Crippen molar-refractivity contribution >= 4 is 11.6 Å². The van der Waals surface area contributed by atoms with Gasteiger partial charge in [-0.15, -0.1) is 0 Å². The van der Waals surface area contributed by atoms with Gasteiger partial charge in [0.2, 0.25) is 0 Å². The smallest absolute Gasteiger partial charge is 0.255 e. The van der Waals surface area contributed by atoms with Crippen molar-refractivity contribution in [3.63, 3.8) is 0 Å². The van der Waals surface area contributed by atoms with Crippen molar-refractivity contribution in [2.75, 3.05) is 18.8 Å². The second kappa shape index (κ2) is 6.01. The molecule has 1 atom stereocenters. The van der Waals surface area contributed by atoms with Crippen LogP contribution in [0.5, 0.6) is 0 Å². The van der Waals surface area contributed by atoms with E-state index in [0.717, 1.165) is 0 Å². The molecule has 0 radical (unpaired) electrons. The number of amides is 1. The molecule has 0 fully saturated rings. The van der Waals surface area contributed by atoms with Gasteiger partial charge in [0.25, 0.3) is 5.91 Å². The summed E-state index contributed by atoms with van der Waals surface area (Å²) < 4.78 is 0. The lowest BCUT2D eigenvalue weighted by Crippen LogP contribution is -2.34. The van der Waals surface area contributed by atoms with Gasteiger partial charge in [-0.3, -0.25) is 9.78 Å². The summed E-state index contributed by atoms with van der Waals surface area (Å²) in [4.78, 5) is 18.0. The average Bonchev–Trinajstić information content (AvgIpc) is 2.37. The molecule has 0 aromatic carbocycles. The molecule has 0 saturated carbocycles. The standard InChI is InChI=1S/C13H18N4O/c1-4-17(8-9(2)6-14)13(18)12-5-11(15)7-16-10(12)3/h5,7,9H,4,8,15H2,1-3H3. The molecule has 0 aliphatic heterocycles. The van der Waals surface area contributed by atoms with Crippen LogP contribution in [0.3, 0.4) is 0 Å². The Morgan fingerprint density at radius 2 is 2.33 bits per heavy atom. The number of rotatable bonds is 4. The van der Waals surface area contributed by atoms with Crippen molar-refractivity contribution in [2.45, 2.75) is 20.8 Å². The van der Waals surface area contributed by atoms with Crippen molar-refractivity contribution < 1.29 is 4.79 Å². The molecule has 0 saturated heterocycles. The van der Waals surface area contributed by atoms with Gasteiger partial charge < -0.3 is 10.6 Å². The van der Waals surface area contributed by atoms with E-state index in [2.05, 4.69) is 11.1 Å². The maximum atomic E-state index is 12.3. The Balaban J connectivity index is 2.97. The van der Waals surface area contributed by atoms with E-state index in [1.165, 1.54) is 6.20 Å². The number of carbonyl (C=O) groups excluding carboxylic acids is 1. The first-order valence-electron chi connectivity index (χ1n) is 5.90. The van der Waals surface area contributed by atoms with Crippen molar-refractivity contribution in [1.29, 1.82) is 5.26 Å². The van der Waals surface area contributed by atoms with Crippen LogP contribution in [0.25, 0.3) is 0 Å². The molecule has 1 rings (SSSR count). The summed E-state index contributed by atoms with van der Waals surface area (Å²) in [6, 6.07) is 3.76. The summed E-state index contributed by atoms with van der Waals surface area (Å²) in [5, 5.41) is 8.81. The van der Waals surface area contributed by atoms with Crippen LogP contribution in [-0.4, -0.2) is 28.9 Å². The third-order valence-corrected chi connectivity index (χ3v) is 2.72. The summed E-state index contributed by atoms with van der Waals surface area (Å²) in [6.45, 7) is 6.42. The molecular formula is C13H18N4O. The second-order valence-corrected chi connectivity index (χ2v) is 4.28. The van der Waals surface area contributed by atoms with Crippen LogP contribution >= 0.6 is 0 Å².